The number of benzene rings is 2. The number of halogens is 1. The molecule has 0 radical (unpaired) electrons. The van der Waals surface area contributed by atoms with Crippen molar-refractivity contribution in [2.45, 2.75) is 32.9 Å². The van der Waals surface area contributed by atoms with Gasteiger partial charge in [0.05, 0.1) is 10.9 Å². The molecule has 5 nitrogen and oxygen atoms in total. The Morgan fingerprint density at radius 1 is 1.27 bits per heavy atom. The van der Waals surface area contributed by atoms with Gasteiger partial charge in [-0.25, -0.2) is 9.37 Å². The number of hydrogen-bond acceptors (Lipinski definition) is 3. The van der Waals surface area contributed by atoms with E-state index in [2.05, 4.69) is 10.3 Å². The zero-order chi connectivity index (χ0) is 18.3. The fourth-order valence-corrected chi connectivity index (χ4v) is 3.33. The highest BCUT2D eigenvalue weighted by Gasteiger charge is 2.17. The monoisotopic (exact) mass is 351 g/mol. The van der Waals surface area contributed by atoms with Crippen LogP contribution in [-0.4, -0.2) is 15.5 Å². The van der Waals surface area contributed by atoms with Crippen LogP contribution in [0.5, 0.6) is 0 Å². The predicted octanol–water partition coefficient (Wildman–Crippen LogP) is 2.72. The van der Waals surface area contributed by atoms with Crippen molar-refractivity contribution >= 4 is 16.8 Å². The minimum Gasteiger partial charge on any atom is -0.348 e. The van der Waals surface area contributed by atoms with Crippen LogP contribution in [0.3, 0.4) is 0 Å². The first-order valence-corrected chi connectivity index (χ1v) is 8.59. The average molecular weight is 351 g/mol. The number of aryl methyl sites for hydroxylation is 2. The van der Waals surface area contributed by atoms with Crippen molar-refractivity contribution < 1.29 is 9.18 Å². The van der Waals surface area contributed by atoms with Crippen LogP contribution in [0.4, 0.5) is 4.39 Å². The van der Waals surface area contributed by atoms with Crippen LogP contribution < -0.4 is 10.9 Å². The van der Waals surface area contributed by atoms with E-state index in [1.165, 1.54) is 6.07 Å². The Labute approximate surface area is 149 Å². The summed E-state index contributed by atoms with van der Waals surface area (Å²) in [5.74, 6) is 0.262. The maximum absolute atomic E-state index is 13.3. The van der Waals surface area contributed by atoms with Gasteiger partial charge in [-0.15, -0.1) is 0 Å². The quantitative estimate of drug-likeness (QED) is 0.789. The Kier molecular flexibility index (Phi) is 4.03. The van der Waals surface area contributed by atoms with Gasteiger partial charge in [-0.05, 0) is 48.7 Å². The third-order valence-corrected chi connectivity index (χ3v) is 4.75. The molecule has 1 N–H and O–H groups in total. The molecule has 3 aromatic rings. The number of carbonyl (C=O) groups is 1. The van der Waals surface area contributed by atoms with Gasteiger partial charge in [-0.1, -0.05) is 12.1 Å². The number of fused-ring (bicyclic) bond motifs is 2. The summed E-state index contributed by atoms with van der Waals surface area (Å²) in [6, 6.07) is 9.70. The van der Waals surface area contributed by atoms with Crippen LogP contribution in [0.1, 0.15) is 33.7 Å². The molecule has 1 aromatic heterocycles. The maximum Gasteiger partial charge on any atom is 0.261 e. The summed E-state index contributed by atoms with van der Waals surface area (Å²) in [4.78, 5) is 29.4. The molecule has 2 heterocycles. The van der Waals surface area contributed by atoms with Crippen molar-refractivity contribution in [3.05, 3.63) is 75.1 Å². The zero-order valence-electron chi connectivity index (χ0n) is 14.4. The van der Waals surface area contributed by atoms with Gasteiger partial charge in [-0.2, -0.15) is 0 Å². The molecule has 0 spiro atoms. The van der Waals surface area contributed by atoms with E-state index in [0.29, 0.717) is 35.1 Å². The van der Waals surface area contributed by atoms with Crippen molar-refractivity contribution in [1.29, 1.82) is 0 Å². The second-order valence-electron chi connectivity index (χ2n) is 6.59. The number of nitrogens with zero attached hydrogens (tertiary/aromatic N) is 2. The van der Waals surface area contributed by atoms with Crippen LogP contribution in [-0.2, 0) is 19.5 Å². The minimum atomic E-state index is -0.264. The van der Waals surface area contributed by atoms with Gasteiger partial charge in [0.25, 0.3) is 11.5 Å². The van der Waals surface area contributed by atoms with Crippen molar-refractivity contribution in [2.24, 2.45) is 0 Å². The number of amides is 1. The van der Waals surface area contributed by atoms with Gasteiger partial charge in [0, 0.05) is 25.1 Å². The first kappa shape index (κ1) is 16.4. The molecule has 6 heteroatoms. The second kappa shape index (κ2) is 6.37. The SMILES string of the molecule is Cc1cc(CNC(=O)c2ccc3c(=O)n4c(nc3c2)CCC4)ccc1F. The molecule has 0 atom stereocenters. The lowest BCUT2D eigenvalue weighted by atomic mass is 10.1. The summed E-state index contributed by atoms with van der Waals surface area (Å²) in [6.07, 6.45) is 1.70. The summed E-state index contributed by atoms with van der Waals surface area (Å²) in [5, 5.41) is 3.35. The average Bonchev–Trinajstić information content (AvgIpc) is 3.11. The molecule has 1 aliphatic rings. The fourth-order valence-electron chi connectivity index (χ4n) is 3.33. The summed E-state index contributed by atoms with van der Waals surface area (Å²) >= 11 is 0. The van der Waals surface area contributed by atoms with Gasteiger partial charge in [-0.3, -0.25) is 14.2 Å². The Balaban J connectivity index is 1.58. The lowest BCUT2D eigenvalue weighted by Gasteiger charge is -2.09. The van der Waals surface area contributed by atoms with Crippen molar-refractivity contribution in [3.63, 3.8) is 0 Å². The van der Waals surface area contributed by atoms with Gasteiger partial charge in [0.15, 0.2) is 0 Å². The molecule has 0 fully saturated rings. The fraction of sp³-hybridized carbons (Fsp3) is 0.250. The topological polar surface area (TPSA) is 64.0 Å². The van der Waals surface area contributed by atoms with E-state index in [9.17, 15) is 14.0 Å². The van der Waals surface area contributed by atoms with Crippen LogP contribution in [0, 0.1) is 12.7 Å². The Morgan fingerprint density at radius 3 is 2.92 bits per heavy atom. The standard InChI is InChI=1S/C20H18FN3O2/c1-12-9-13(4-7-16(12)21)11-22-19(25)14-5-6-15-17(10-14)23-18-3-2-8-24(18)20(15)26/h4-7,9-10H,2-3,8,11H2,1H3,(H,22,25). The Morgan fingerprint density at radius 2 is 2.12 bits per heavy atom. The Bertz CT molecular complexity index is 1090. The Hall–Kier alpha value is -3.02. The number of aromatic nitrogens is 2. The van der Waals surface area contributed by atoms with E-state index in [4.69, 9.17) is 0 Å². The number of rotatable bonds is 3. The summed E-state index contributed by atoms with van der Waals surface area (Å²) < 4.78 is 15.0. The number of hydrogen-bond donors (Lipinski definition) is 1. The van der Waals surface area contributed by atoms with Crippen LogP contribution in [0.25, 0.3) is 10.9 Å². The first-order chi connectivity index (χ1) is 12.5. The van der Waals surface area contributed by atoms with Gasteiger partial charge in [0.1, 0.15) is 11.6 Å². The third-order valence-electron chi connectivity index (χ3n) is 4.75. The molecule has 132 valence electrons. The molecule has 1 amide bonds. The van der Waals surface area contributed by atoms with E-state index >= 15 is 0 Å². The summed E-state index contributed by atoms with van der Waals surface area (Å²) in [6.45, 7) is 2.70. The smallest absolute Gasteiger partial charge is 0.261 e. The number of nitrogens with one attached hydrogen (secondary N) is 1. The van der Waals surface area contributed by atoms with Crippen LogP contribution in [0.15, 0.2) is 41.2 Å². The second-order valence-corrected chi connectivity index (χ2v) is 6.59. The highest BCUT2D eigenvalue weighted by Crippen LogP contribution is 2.16. The maximum atomic E-state index is 13.3. The molecule has 0 saturated heterocycles. The van der Waals surface area contributed by atoms with Gasteiger partial charge < -0.3 is 5.32 Å². The van der Waals surface area contributed by atoms with Gasteiger partial charge in [0.2, 0.25) is 0 Å². The lowest BCUT2D eigenvalue weighted by Crippen LogP contribution is -2.24. The van der Waals surface area contributed by atoms with E-state index in [1.807, 2.05) is 0 Å². The van der Waals surface area contributed by atoms with Crippen molar-refractivity contribution in [1.82, 2.24) is 14.9 Å². The minimum absolute atomic E-state index is 0.0451. The lowest BCUT2D eigenvalue weighted by molar-refractivity contribution is 0.0951. The van der Waals surface area contributed by atoms with E-state index in [-0.39, 0.29) is 17.3 Å². The molecule has 2 aromatic carbocycles. The van der Waals surface area contributed by atoms with Crippen molar-refractivity contribution in [3.8, 4) is 0 Å². The molecular weight excluding hydrogens is 333 g/mol. The third kappa shape index (κ3) is 2.87. The highest BCUT2D eigenvalue weighted by atomic mass is 19.1. The van der Waals surface area contributed by atoms with Gasteiger partial charge >= 0.3 is 0 Å². The van der Waals surface area contributed by atoms with Crippen LogP contribution >= 0.6 is 0 Å². The zero-order valence-corrected chi connectivity index (χ0v) is 14.4. The molecular formula is C20H18FN3O2. The predicted molar refractivity (Wildman–Crippen MR) is 96.6 cm³/mol. The molecule has 26 heavy (non-hydrogen) atoms. The van der Waals surface area contributed by atoms with E-state index in [0.717, 1.165) is 24.2 Å². The molecule has 0 saturated carbocycles. The largest absolute Gasteiger partial charge is 0.348 e. The van der Waals surface area contributed by atoms with Crippen LogP contribution in [0.2, 0.25) is 0 Å². The van der Waals surface area contributed by atoms with Crippen molar-refractivity contribution in [2.75, 3.05) is 0 Å². The first-order valence-electron chi connectivity index (χ1n) is 8.59. The molecule has 0 unspecified atom stereocenters. The molecule has 1 aliphatic heterocycles. The molecule has 0 bridgehead atoms. The molecule has 0 aliphatic carbocycles. The summed E-state index contributed by atoms with van der Waals surface area (Å²) in [7, 11) is 0. The van der Waals surface area contributed by atoms with E-state index in [1.54, 1.807) is 41.8 Å². The summed E-state index contributed by atoms with van der Waals surface area (Å²) in [5.41, 5.74) is 2.32. The van der Waals surface area contributed by atoms with E-state index < -0.39 is 0 Å². The highest BCUT2D eigenvalue weighted by molar-refractivity contribution is 5.97. The molecule has 4 rings (SSSR count). The normalized spacial score (nSPS) is 13.0. The number of carbonyl (C=O) groups excluding carboxylic acids is 1.